The molecule has 1 unspecified atom stereocenters. The fourth-order valence-corrected chi connectivity index (χ4v) is 3.53. The van der Waals surface area contributed by atoms with Crippen LogP contribution in [-0.2, 0) is 13.1 Å². The van der Waals surface area contributed by atoms with Crippen LogP contribution in [0.25, 0.3) is 0 Å². The fraction of sp³-hybridized carbons (Fsp3) is 0.526. The first kappa shape index (κ1) is 17.9. The Hall–Kier alpha value is -1.95. The Morgan fingerprint density at radius 3 is 2.72 bits per heavy atom. The summed E-state index contributed by atoms with van der Waals surface area (Å²) in [5, 5.41) is 0. The number of nitrogens with zero attached hydrogens (tertiary/aromatic N) is 3. The maximum Gasteiger partial charge on any atom is 0.387 e. The Balaban J connectivity index is 1.58. The molecule has 25 heavy (non-hydrogen) atoms. The van der Waals surface area contributed by atoms with Gasteiger partial charge >= 0.3 is 6.61 Å². The van der Waals surface area contributed by atoms with Crippen LogP contribution in [0.15, 0.2) is 36.7 Å². The highest BCUT2D eigenvalue weighted by Crippen LogP contribution is 2.24. The molecule has 136 valence electrons. The number of benzene rings is 1. The van der Waals surface area contributed by atoms with Gasteiger partial charge in [-0.3, -0.25) is 4.90 Å². The van der Waals surface area contributed by atoms with Crippen molar-refractivity contribution in [2.45, 2.75) is 58.3 Å². The zero-order valence-corrected chi connectivity index (χ0v) is 14.6. The molecule has 0 N–H and O–H groups in total. The molecule has 2 heterocycles. The summed E-state index contributed by atoms with van der Waals surface area (Å²) >= 11 is 0. The molecule has 0 spiro atoms. The van der Waals surface area contributed by atoms with E-state index in [1.807, 2.05) is 31.5 Å². The van der Waals surface area contributed by atoms with E-state index in [1.165, 1.54) is 19.3 Å². The number of hydrogen-bond donors (Lipinski definition) is 0. The lowest BCUT2D eigenvalue weighted by atomic mass is 9.98. The molecular weight excluding hydrogens is 324 g/mol. The predicted octanol–water partition coefficient (Wildman–Crippen LogP) is 4.24. The third-order valence-electron chi connectivity index (χ3n) is 4.91. The highest BCUT2D eigenvalue weighted by molar-refractivity contribution is 5.27. The summed E-state index contributed by atoms with van der Waals surface area (Å²) in [7, 11) is 0. The van der Waals surface area contributed by atoms with Crippen LogP contribution in [0.4, 0.5) is 8.78 Å². The van der Waals surface area contributed by atoms with Crippen LogP contribution in [0.1, 0.15) is 37.1 Å². The van der Waals surface area contributed by atoms with Crippen LogP contribution in [0.3, 0.4) is 0 Å². The maximum absolute atomic E-state index is 12.2. The first-order valence-electron chi connectivity index (χ1n) is 8.87. The minimum absolute atomic E-state index is 0.213. The largest absolute Gasteiger partial charge is 0.435 e. The zero-order valence-electron chi connectivity index (χ0n) is 14.6. The number of piperidine rings is 1. The van der Waals surface area contributed by atoms with Crippen molar-refractivity contribution in [3.63, 3.8) is 0 Å². The van der Waals surface area contributed by atoms with Gasteiger partial charge in [0.05, 0.1) is 0 Å². The van der Waals surface area contributed by atoms with Crippen LogP contribution in [-0.4, -0.2) is 33.6 Å². The normalized spacial score (nSPS) is 18.6. The molecule has 1 aliphatic heterocycles. The van der Waals surface area contributed by atoms with Crippen molar-refractivity contribution in [1.29, 1.82) is 0 Å². The first-order valence-corrected chi connectivity index (χ1v) is 8.87. The molecule has 0 radical (unpaired) electrons. The van der Waals surface area contributed by atoms with Gasteiger partial charge < -0.3 is 9.30 Å². The summed E-state index contributed by atoms with van der Waals surface area (Å²) in [6.45, 7) is 2.17. The molecule has 0 saturated carbocycles. The summed E-state index contributed by atoms with van der Waals surface area (Å²) in [5.74, 6) is 1.27. The maximum atomic E-state index is 12.2. The van der Waals surface area contributed by atoms with Gasteiger partial charge in [-0.25, -0.2) is 4.98 Å². The van der Waals surface area contributed by atoms with E-state index in [2.05, 4.69) is 19.2 Å². The molecule has 1 atom stereocenters. The number of likely N-dealkylation sites (tertiary alicyclic amines) is 1. The average Bonchev–Trinajstić information content (AvgIpc) is 3.00. The van der Waals surface area contributed by atoms with E-state index in [9.17, 15) is 8.78 Å². The van der Waals surface area contributed by atoms with E-state index in [-0.39, 0.29) is 5.75 Å². The fourth-order valence-electron chi connectivity index (χ4n) is 3.53. The molecule has 1 aromatic carbocycles. The standard InChI is InChI=1S/C19H25F2N3O/c1-15-22-10-13-23(15)12-9-17-4-2-3-11-24(17)14-16-5-7-18(8-6-16)25-19(20)21/h5-8,10,13,17,19H,2-4,9,11-12,14H2,1H3. The van der Waals surface area contributed by atoms with Gasteiger partial charge in [0, 0.05) is 31.5 Å². The third kappa shape index (κ3) is 5.01. The Kier molecular flexibility index (Phi) is 6.02. The summed E-state index contributed by atoms with van der Waals surface area (Å²) in [5.41, 5.74) is 1.13. The van der Waals surface area contributed by atoms with Crippen molar-refractivity contribution >= 4 is 0 Å². The molecule has 4 nitrogen and oxygen atoms in total. The Morgan fingerprint density at radius 1 is 1.24 bits per heavy atom. The van der Waals surface area contributed by atoms with E-state index >= 15 is 0 Å². The number of rotatable bonds is 7. The molecule has 1 aromatic heterocycles. The number of imidazole rings is 1. The third-order valence-corrected chi connectivity index (χ3v) is 4.91. The number of halogens is 2. The minimum Gasteiger partial charge on any atom is -0.435 e. The van der Waals surface area contributed by atoms with Gasteiger partial charge in [0.15, 0.2) is 0 Å². The van der Waals surface area contributed by atoms with Crippen molar-refractivity contribution in [3.8, 4) is 5.75 Å². The van der Waals surface area contributed by atoms with E-state index in [0.717, 1.165) is 37.4 Å². The lowest BCUT2D eigenvalue weighted by molar-refractivity contribution is -0.0498. The Morgan fingerprint density at radius 2 is 2.04 bits per heavy atom. The molecule has 1 aliphatic rings. The van der Waals surface area contributed by atoms with Gasteiger partial charge in [0.25, 0.3) is 0 Å². The van der Waals surface area contributed by atoms with Gasteiger partial charge in [-0.05, 0) is 50.4 Å². The molecule has 1 saturated heterocycles. The van der Waals surface area contributed by atoms with Crippen LogP contribution in [0, 0.1) is 6.92 Å². The van der Waals surface area contributed by atoms with Gasteiger partial charge in [0.1, 0.15) is 11.6 Å². The number of aryl methyl sites for hydroxylation is 2. The minimum atomic E-state index is -2.77. The lowest BCUT2D eigenvalue weighted by Crippen LogP contribution is -2.39. The highest BCUT2D eigenvalue weighted by Gasteiger charge is 2.22. The lowest BCUT2D eigenvalue weighted by Gasteiger charge is -2.36. The van der Waals surface area contributed by atoms with Crippen molar-refractivity contribution in [3.05, 3.63) is 48.0 Å². The monoisotopic (exact) mass is 349 g/mol. The van der Waals surface area contributed by atoms with Gasteiger partial charge in [-0.2, -0.15) is 8.78 Å². The summed E-state index contributed by atoms with van der Waals surface area (Å²) in [4.78, 5) is 6.79. The Bertz CT molecular complexity index is 657. The van der Waals surface area contributed by atoms with Gasteiger partial charge in [0.2, 0.25) is 0 Å². The average molecular weight is 349 g/mol. The molecule has 6 heteroatoms. The number of aromatic nitrogens is 2. The molecule has 2 aromatic rings. The highest BCUT2D eigenvalue weighted by atomic mass is 19.3. The first-order chi connectivity index (χ1) is 12.1. The number of hydrogen-bond acceptors (Lipinski definition) is 3. The van der Waals surface area contributed by atoms with Crippen LogP contribution < -0.4 is 4.74 Å². The number of alkyl halides is 2. The topological polar surface area (TPSA) is 30.3 Å². The molecule has 0 aliphatic carbocycles. The summed E-state index contributed by atoms with van der Waals surface area (Å²) < 4.78 is 31.1. The summed E-state index contributed by atoms with van der Waals surface area (Å²) in [6, 6.07) is 7.55. The van der Waals surface area contributed by atoms with Crippen molar-refractivity contribution < 1.29 is 13.5 Å². The quantitative estimate of drug-likeness (QED) is 0.749. The van der Waals surface area contributed by atoms with E-state index in [0.29, 0.717) is 6.04 Å². The van der Waals surface area contributed by atoms with Crippen LogP contribution in [0.5, 0.6) is 5.75 Å². The Labute approximate surface area is 147 Å². The van der Waals surface area contributed by atoms with E-state index < -0.39 is 6.61 Å². The smallest absolute Gasteiger partial charge is 0.387 e. The number of ether oxygens (including phenoxy) is 1. The molecule has 0 amide bonds. The molecule has 0 bridgehead atoms. The van der Waals surface area contributed by atoms with Crippen molar-refractivity contribution in [2.24, 2.45) is 0 Å². The van der Waals surface area contributed by atoms with E-state index in [1.54, 1.807) is 12.1 Å². The second-order valence-corrected chi connectivity index (χ2v) is 6.60. The molecule has 3 rings (SSSR count). The second-order valence-electron chi connectivity index (χ2n) is 6.60. The van der Waals surface area contributed by atoms with Crippen molar-refractivity contribution in [1.82, 2.24) is 14.5 Å². The zero-order chi connectivity index (χ0) is 17.6. The van der Waals surface area contributed by atoms with Gasteiger partial charge in [-0.1, -0.05) is 18.6 Å². The van der Waals surface area contributed by atoms with Crippen LogP contribution in [0.2, 0.25) is 0 Å². The molecule has 1 fully saturated rings. The van der Waals surface area contributed by atoms with Crippen LogP contribution >= 0.6 is 0 Å². The van der Waals surface area contributed by atoms with Gasteiger partial charge in [-0.15, -0.1) is 0 Å². The predicted molar refractivity (Wildman–Crippen MR) is 92.7 cm³/mol. The summed E-state index contributed by atoms with van der Waals surface area (Å²) in [6.07, 6.45) is 8.67. The SMILES string of the molecule is Cc1nccn1CCC1CCCCN1Cc1ccc(OC(F)F)cc1. The second kappa shape index (κ2) is 8.43. The molecular formula is C19H25F2N3O. The van der Waals surface area contributed by atoms with Crippen molar-refractivity contribution in [2.75, 3.05) is 6.54 Å². The van der Waals surface area contributed by atoms with E-state index in [4.69, 9.17) is 0 Å².